The molecule has 2 atom stereocenters. The van der Waals surface area contributed by atoms with Crippen molar-refractivity contribution in [1.82, 2.24) is 4.90 Å². The molecule has 1 aliphatic carbocycles. The van der Waals surface area contributed by atoms with Crippen LogP contribution in [0.5, 0.6) is 0 Å². The number of carbonyl (C=O) groups excluding carboxylic acids is 1. The lowest BCUT2D eigenvalue weighted by atomic mass is 10.2. The maximum absolute atomic E-state index is 12.0. The average molecular weight is 263 g/mol. The fraction of sp³-hybridized carbons (Fsp3) is 0.667. The number of nitrogens with zero attached hydrogens (tertiary/aromatic N) is 1. The Kier molecular flexibility index (Phi) is 3.60. The summed E-state index contributed by atoms with van der Waals surface area (Å²) >= 11 is 0. The monoisotopic (exact) mass is 263 g/mol. The molecule has 0 bridgehead atoms. The predicted molar refractivity (Wildman–Crippen MR) is 71.0 cm³/mol. The van der Waals surface area contributed by atoms with Crippen LogP contribution in [0.1, 0.15) is 37.2 Å². The van der Waals surface area contributed by atoms with Gasteiger partial charge in [0.1, 0.15) is 11.5 Å². The first-order valence-electron chi connectivity index (χ1n) is 7.18. The maximum atomic E-state index is 12.0. The van der Waals surface area contributed by atoms with E-state index < -0.39 is 0 Å². The molecule has 1 aliphatic heterocycles. The van der Waals surface area contributed by atoms with E-state index in [0.717, 1.165) is 30.5 Å². The highest BCUT2D eigenvalue weighted by Gasteiger charge is 2.36. The van der Waals surface area contributed by atoms with Gasteiger partial charge in [-0.3, -0.25) is 4.79 Å². The Balaban J connectivity index is 1.48. The smallest absolute Gasteiger partial charge is 0.223 e. The lowest BCUT2D eigenvalue weighted by molar-refractivity contribution is -0.135. The Labute approximate surface area is 113 Å². The van der Waals surface area contributed by atoms with Crippen molar-refractivity contribution in [2.24, 2.45) is 5.92 Å². The lowest BCUT2D eigenvalue weighted by Gasteiger charge is -2.26. The van der Waals surface area contributed by atoms with Crippen LogP contribution >= 0.6 is 0 Å². The number of furan rings is 1. The highest BCUT2D eigenvalue weighted by atomic mass is 16.5. The summed E-state index contributed by atoms with van der Waals surface area (Å²) in [5.41, 5.74) is 0. The summed E-state index contributed by atoms with van der Waals surface area (Å²) < 4.78 is 11.1. The molecule has 0 radical (unpaired) electrons. The normalized spacial score (nSPS) is 26.5. The van der Waals surface area contributed by atoms with E-state index in [9.17, 15) is 4.79 Å². The third-order valence-electron chi connectivity index (χ3n) is 4.11. The van der Waals surface area contributed by atoms with Gasteiger partial charge in [0.2, 0.25) is 5.91 Å². The molecule has 3 rings (SSSR count). The number of aryl methyl sites for hydroxylation is 1. The van der Waals surface area contributed by atoms with Gasteiger partial charge in [-0.2, -0.15) is 0 Å². The summed E-state index contributed by atoms with van der Waals surface area (Å²) in [6.07, 6.45) is 2.48. The zero-order valence-electron chi connectivity index (χ0n) is 11.4. The molecule has 0 spiro atoms. The average Bonchev–Trinajstić information content (AvgIpc) is 3.00. The van der Waals surface area contributed by atoms with E-state index in [2.05, 4.69) is 13.0 Å². The van der Waals surface area contributed by atoms with Gasteiger partial charge in [0.05, 0.1) is 13.2 Å². The molecule has 104 valence electrons. The van der Waals surface area contributed by atoms with Crippen LogP contribution in [-0.2, 0) is 16.0 Å². The van der Waals surface area contributed by atoms with Gasteiger partial charge >= 0.3 is 0 Å². The van der Waals surface area contributed by atoms with E-state index in [1.54, 1.807) is 0 Å². The minimum Gasteiger partial charge on any atom is -0.466 e. The number of rotatable bonds is 4. The van der Waals surface area contributed by atoms with Crippen LogP contribution in [0.3, 0.4) is 0 Å². The van der Waals surface area contributed by atoms with Crippen molar-refractivity contribution in [3.05, 3.63) is 23.7 Å². The van der Waals surface area contributed by atoms with E-state index in [0.29, 0.717) is 32.0 Å². The van der Waals surface area contributed by atoms with Crippen molar-refractivity contribution in [2.45, 2.75) is 32.1 Å². The molecule has 0 N–H and O–H groups in total. The molecule has 1 saturated heterocycles. The Hall–Kier alpha value is -1.29. The highest BCUT2D eigenvalue weighted by molar-refractivity contribution is 5.76. The zero-order valence-corrected chi connectivity index (χ0v) is 11.4. The summed E-state index contributed by atoms with van der Waals surface area (Å²) in [6, 6.07) is 4.09. The van der Waals surface area contributed by atoms with Crippen LogP contribution in [0.15, 0.2) is 16.5 Å². The zero-order chi connectivity index (χ0) is 13.2. The second kappa shape index (κ2) is 5.37. The van der Waals surface area contributed by atoms with Crippen LogP contribution in [-0.4, -0.2) is 37.1 Å². The summed E-state index contributed by atoms with van der Waals surface area (Å²) in [5, 5.41) is 0. The third-order valence-corrected chi connectivity index (χ3v) is 4.11. The van der Waals surface area contributed by atoms with E-state index in [1.807, 2.05) is 11.0 Å². The summed E-state index contributed by atoms with van der Waals surface area (Å²) in [7, 11) is 0. The van der Waals surface area contributed by atoms with Crippen molar-refractivity contribution in [3.63, 3.8) is 0 Å². The summed E-state index contributed by atoms with van der Waals surface area (Å²) in [6.45, 7) is 5.02. The number of hydrogen-bond donors (Lipinski definition) is 0. The predicted octanol–water partition coefficient (Wildman–Crippen LogP) is 2.19. The quantitative estimate of drug-likeness (QED) is 0.836. The van der Waals surface area contributed by atoms with Crippen molar-refractivity contribution >= 4 is 5.91 Å². The Bertz CT molecular complexity index is 448. The second-order valence-corrected chi connectivity index (χ2v) is 5.62. The first-order chi connectivity index (χ1) is 9.24. The molecule has 2 aliphatic rings. The van der Waals surface area contributed by atoms with Crippen LogP contribution < -0.4 is 0 Å². The van der Waals surface area contributed by atoms with Gasteiger partial charge in [-0.1, -0.05) is 6.92 Å². The maximum Gasteiger partial charge on any atom is 0.223 e. The first kappa shape index (κ1) is 12.7. The summed E-state index contributed by atoms with van der Waals surface area (Å²) in [5.74, 6) is 3.62. The Morgan fingerprint density at radius 1 is 1.37 bits per heavy atom. The van der Waals surface area contributed by atoms with Gasteiger partial charge in [-0.15, -0.1) is 0 Å². The Morgan fingerprint density at radius 3 is 2.79 bits per heavy atom. The molecule has 1 aromatic heterocycles. The molecule has 19 heavy (non-hydrogen) atoms. The van der Waals surface area contributed by atoms with Crippen LogP contribution in [0, 0.1) is 5.92 Å². The second-order valence-electron chi connectivity index (χ2n) is 5.62. The molecule has 2 heterocycles. The van der Waals surface area contributed by atoms with E-state index in [4.69, 9.17) is 9.15 Å². The molecule has 4 nitrogen and oxygen atoms in total. The van der Waals surface area contributed by atoms with Gasteiger partial charge in [-0.05, 0) is 24.5 Å². The van der Waals surface area contributed by atoms with Crippen molar-refractivity contribution in [2.75, 3.05) is 26.3 Å². The van der Waals surface area contributed by atoms with Gasteiger partial charge in [0, 0.05) is 31.8 Å². The van der Waals surface area contributed by atoms with E-state index in [-0.39, 0.29) is 5.91 Å². The first-order valence-corrected chi connectivity index (χ1v) is 7.18. The van der Waals surface area contributed by atoms with Gasteiger partial charge in [0.15, 0.2) is 0 Å². The van der Waals surface area contributed by atoms with Gasteiger partial charge in [-0.25, -0.2) is 0 Å². The van der Waals surface area contributed by atoms with Crippen LogP contribution in [0.2, 0.25) is 0 Å². The number of morpholine rings is 1. The number of ether oxygens (including phenoxy) is 1. The van der Waals surface area contributed by atoms with Crippen LogP contribution in [0.4, 0.5) is 0 Å². The topological polar surface area (TPSA) is 42.7 Å². The number of amides is 1. The summed E-state index contributed by atoms with van der Waals surface area (Å²) in [4.78, 5) is 13.9. The third kappa shape index (κ3) is 3.00. The SMILES string of the molecule is CC1CC1c1ccc(CCC(=O)N2CCOCC2)o1. The van der Waals surface area contributed by atoms with Gasteiger partial charge in [0.25, 0.3) is 0 Å². The number of carbonyl (C=O) groups is 1. The Morgan fingerprint density at radius 2 is 2.11 bits per heavy atom. The van der Waals surface area contributed by atoms with E-state index in [1.165, 1.54) is 6.42 Å². The fourth-order valence-electron chi connectivity index (χ4n) is 2.65. The molecule has 1 amide bonds. The minimum absolute atomic E-state index is 0.209. The largest absolute Gasteiger partial charge is 0.466 e. The lowest BCUT2D eigenvalue weighted by Crippen LogP contribution is -2.40. The molecule has 2 unspecified atom stereocenters. The fourth-order valence-corrected chi connectivity index (χ4v) is 2.65. The van der Waals surface area contributed by atoms with Crippen molar-refractivity contribution in [3.8, 4) is 0 Å². The standard InChI is InChI=1S/C15H21NO3/c1-11-10-13(11)14-4-2-12(19-14)3-5-15(17)16-6-8-18-9-7-16/h2,4,11,13H,3,5-10H2,1H3. The van der Waals surface area contributed by atoms with Crippen LogP contribution in [0.25, 0.3) is 0 Å². The van der Waals surface area contributed by atoms with Crippen molar-refractivity contribution in [1.29, 1.82) is 0 Å². The van der Waals surface area contributed by atoms with E-state index >= 15 is 0 Å². The number of hydrogen-bond acceptors (Lipinski definition) is 3. The minimum atomic E-state index is 0.209. The van der Waals surface area contributed by atoms with Crippen molar-refractivity contribution < 1.29 is 13.9 Å². The molecule has 1 saturated carbocycles. The molecule has 0 aromatic carbocycles. The van der Waals surface area contributed by atoms with Gasteiger partial charge < -0.3 is 14.1 Å². The molecule has 2 fully saturated rings. The molecule has 1 aromatic rings. The molecular weight excluding hydrogens is 242 g/mol. The molecular formula is C15H21NO3. The molecule has 4 heteroatoms. The highest BCUT2D eigenvalue weighted by Crippen LogP contribution is 2.47.